The number of anilines is 1. The number of hydrogen-bond donors (Lipinski definition) is 2. The average Bonchev–Trinajstić information content (AvgIpc) is 2.14. The van der Waals surface area contributed by atoms with Crippen LogP contribution in [0, 0.1) is 0 Å². The van der Waals surface area contributed by atoms with Crippen molar-refractivity contribution in [3.8, 4) is 0 Å². The molecule has 5 heteroatoms. The maximum atomic E-state index is 10.7. The number of nitrogens with zero attached hydrogens (tertiary/aromatic N) is 2. The number of rotatable bonds is 3. The van der Waals surface area contributed by atoms with Crippen LogP contribution in [0.15, 0.2) is 22.2 Å². The standard InChI is InChI=1S/C8H12N4O/c1-3-6(2)11-12-7-4-5-9-8(13)10-7/h4-5H,3H2,1-2H3,(H2,9,10,12,13). The fourth-order valence-corrected chi connectivity index (χ4v) is 0.669. The Kier molecular flexibility index (Phi) is 3.19. The molecular weight excluding hydrogens is 168 g/mol. The molecule has 0 atom stereocenters. The number of nitrogens with one attached hydrogen (secondary N) is 2. The smallest absolute Gasteiger partial charge is 0.291 e. The van der Waals surface area contributed by atoms with Crippen molar-refractivity contribution < 1.29 is 0 Å². The van der Waals surface area contributed by atoms with Crippen LogP contribution in [-0.4, -0.2) is 15.7 Å². The molecule has 0 aliphatic carbocycles. The highest BCUT2D eigenvalue weighted by atomic mass is 16.1. The van der Waals surface area contributed by atoms with Gasteiger partial charge in [-0.05, 0) is 19.4 Å². The van der Waals surface area contributed by atoms with Gasteiger partial charge in [-0.1, -0.05) is 6.92 Å². The number of aromatic nitrogens is 2. The summed E-state index contributed by atoms with van der Waals surface area (Å²) in [5, 5.41) is 4.02. The van der Waals surface area contributed by atoms with E-state index in [1.165, 1.54) is 6.20 Å². The van der Waals surface area contributed by atoms with E-state index in [1.807, 2.05) is 13.8 Å². The molecular formula is C8H12N4O. The topological polar surface area (TPSA) is 70.1 Å². The largest absolute Gasteiger partial charge is 0.346 e. The van der Waals surface area contributed by atoms with Gasteiger partial charge in [0, 0.05) is 11.9 Å². The second-order valence-electron chi connectivity index (χ2n) is 2.60. The van der Waals surface area contributed by atoms with Crippen molar-refractivity contribution in [3.05, 3.63) is 22.7 Å². The van der Waals surface area contributed by atoms with E-state index < -0.39 is 0 Å². The van der Waals surface area contributed by atoms with Crippen molar-refractivity contribution in [1.82, 2.24) is 9.97 Å². The molecule has 0 saturated heterocycles. The lowest BCUT2D eigenvalue weighted by Gasteiger charge is -1.99. The lowest BCUT2D eigenvalue weighted by atomic mass is 10.3. The van der Waals surface area contributed by atoms with Crippen LogP contribution in [0.5, 0.6) is 0 Å². The minimum Gasteiger partial charge on any atom is -0.291 e. The van der Waals surface area contributed by atoms with Crippen molar-refractivity contribution in [2.75, 3.05) is 5.43 Å². The summed E-state index contributed by atoms with van der Waals surface area (Å²) in [6, 6.07) is 1.65. The van der Waals surface area contributed by atoms with Gasteiger partial charge >= 0.3 is 5.69 Å². The molecule has 5 nitrogen and oxygen atoms in total. The van der Waals surface area contributed by atoms with Crippen molar-refractivity contribution >= 4 is 11.5 Å². The first-order valence-corrected chi connectivity index (χ1v) is 4.07. The predicted molar refractivity (Wildman–Crippen MR) is 51.9 cm³/mol. The van der Waals surface area contributed by atoms with Gasteiger partial charge < -0.3 is 0 Å². The average molecular weight is 180 g/mol. The molecule has 0 saturated carbocycles. The normalized spacial score (nSPS) is 11.4. The SMILES string of the molecule is CCC(C)=NNc1ccnc(=O)[nH]1. The van der Waals surface area contributed by atoms with Gasteiger partial charge in [0.15, 0.2) is 0 Å². The summed E-state index contributed by atoms with van der Waals surface area (Å²) in [6.07, 6.45) is 2.31. The highest BCUT2D eigenvalue weighted by Crippen LogP contribution is 1.96. The molecule has 1 heterocycles. The Balaban J connectivity index is 2.70. The zero-order valence-corrected chi connectivity index (χ0v) is 7.66. The second-order valence-corrected chi connectivity index (χ2v) is 2.60. The monoisotopic (exact) mass is 180 g/mol. The first kappa shape index (κ1) is 9.44. The Morgan fingerprint density at radius 2 is 2.54 bits per heavy atom. The third-order valence-corrected chi connectivity index (χ3v) is 1.55. The number of H-pyrrole nitrogens is 1. The second kappa shape index (κ2) is 4.39. The molecule has 0 aliphatic rings. The summed E-state index contributed by atoms with van der Waals surface area (Å²) in [4.78, 5) is 16.7. The van der Waals surface area contributed by atoms with Gasteiger partial charge in [0.25, 0.3) is 0 Å². The van der Waals surface area contributed by atoms with Crippen LogP contribution in [-0.2, 0) is 0 Å². The van der Waals surface area contributed by atoms with Crippen LogP contribution in [0.4, 0.5) is 5.82 Å². The Bertz CT molecular complexity index is 355. The summed E-state index contributed by atoms with van der Waals surface area (Å²) in [5.41, 5.74) is 3.32. The van der Waals surface area contributed by atoms with Crippen molar-refractivity contribution in [1.29, 1.82) is 0 Å². The van der Waals surface area contributed by atoms with Gasteiger partial charge in [-0.25, -0.2) is 9.78 Å². The summed E-state index contributed by atoms with van der Waals surface area (Å²) in [7, 11) is 0. The molecule has 70 valence electrons. The Labute approximate surface area is 75.9 Å². The maximum absolute atomic E-state index is 10.7. The summed E-state index contributed by atoms with van der Waals surface area (Å²) < 4.78 is 0. The van der Waals surface area contributed by atoms with Crippen LogP contribution in [0.2, 0.25) is 0 Å². The third kappa shape index (κ3) is 3.06. The van der Waals surface area contributed by atoms with Crippen LogP contribution in [0.1, 0.15) is 20.3 Å². The lowest BCUT2D eigenvalue weighted by Crippen LogP contribution is -2.11. The zero-order valence-electron chi connectivity index (χ0n) is 7.66. The third-order valence-electron chi connectivity index (χ3n) is 1.55. The molecule has 1 aromatic rings. The Hall–Kier alpha value is -1.65. The summed E-state index contributed by atoms with van der Waals surface area (Å²) in [6.45, 7) is 3.92. The van der Waals surface area contributed by atoms with Crippen LogP contribution < -0.4 is 11.1 Å². The Morgan fingerprint density at radius 3 is 3.15 bits per heavy atom. The van der Waals surface area contributed by atoms with Crippen LogP contribution in [0.25, 0.3) is 0 Å². The van der Waals surface area contributed by atoms with Crippen molar-refractivity contribution in [2.24, 2.45) is 5.10 Å². The zero-order chi connectivity index (χ0) is 9.68. The van der Waals surface area contributed by atoms with E-state index in [0.29, 0.717) is 5.82 Å². The lowest BCUT2D eigenvalue weighted by molar-refractivity contribution is 1.06. The van der Waals surface area contributed by atoms with E-state index in [9.17, 15) is 4.79 Å². The quantitative estimate of drug-likeness (QED) is 0.537. The highest BCUT2D eigenvalue weighted by molar-refractivity contribution is 5.82. The van der Waals surface area contributed by atoms with E-state index in [1.54, 1.807) is 6.07 Å². The molecule has 0 fully saturated rings. The summed E-state index contributed by atoms with van der Waals surface area (Å²) >= 11 is 0. The number of hydrazone groups is 1. The van der Waals surface area contributed by atoms with E-state index in [-0.39, 0.29) is 5.69 Å². The van der Waals surface area contributed by atoms with Gasteiger partial charge in [0.2, 0.25) is 0 Å². The molecule has 1 rings (SSSR count). The van der Waals surface area contributed by atoms with Gasteiger partial charge in [0.05, 0.1) is 0 Å². The molecule has 0 bridgehead atoms. The molecule has 0 aliphatic heterocycles. The van der Waals surface area contributed by atoms with E-state index in [0.717, 1.165) is 12.1 Å². The fraction of sp³-hybridized carbons (Fsp3) is 0.375. The Morgan fingerprint density at radius 1 is 1.77 bits per heavy atom. The van der Waals surface area contributed by atoms with Crippen molar-refractivity contribution in [3.63, 3.8) is 0 Å². The van der Waals surface area contributed by atoms with Gasteiger partial charge in [-0.2, -0.15) is 5.10 Å². The fourth-order valence-electron chi connectivity index (χ4n) is 0.669. The van der Waals surface area contributed by atoms with Crippen LogP contribution in [0.3, 0.4) is 0 Å². The molecule has 0 spiro atoms. The minimum absolute atomic E-state index is 0.380. The molecule has 0 radical (unpaired) electrons. The molecule has 0 unspecified atom stereocenters. The number of hydrogen-bond acceptors (Lipinski definition) is 4. The maximum Gasteiger partial charge on any atom is 0.346 e. The summed E-state index contributed by atoms with van der Waals surface area (Å²) in [5.74, 6) is 0.549. The molecule has 13 heavy (non-hydrogen) atoms. The van der Waals surface area contributed by atoms with Gasteiger partial charge in [-0.15, -0.1) is 0 Å². The van der Waals surface area contributed by atoms with Gasteiger partial charge in [0.1, 0.15) is 5.82 Å². The minimum atomic E-state index is -0.380. The van der Waals surface area contributed by atoms with E-state index >= 15 is 0 Å². The molecule has 0 aromatic carbocycles. The number of aromatic amines is 1. The van der Waals surface area contributed by atoms with Crippen LogP contribution >= 0.6 is 0 Å². The van der Waals surface area contributed by atoms with E-state index in [4.69, 9.17) is 0 Å². The molecule has 2 N–H and O–H groups in total. The van der Waals surface area contributed by atoms with E-state index in [2.05, 4.69) is 20.5 Å². The van der Waals surface area contributed by atoms with Crippen molar-refractivity contribution in [2.45, 2.75) is 20.3 Å². The molecule has 0 amide bonds. The highest BCUT2D eigenvalue weighted by Gasteiger charge is 1.90. The first-order chi connectivity index (χ1) is 6.22. The first-order valence-electron chi connectivity index (χ1n) is 4.07. The predicted octanol–water partition coefficient (Wildman–Crippen LogP) is 0.968. The van der Waals surface area contributed by atoms with Gasteiger partial charge in [-0.3, -0.25) is 10.4 Å². The molecule has 1 aromatic heterocycles.